The molecule has 0 unspecified atom stereocenters. The number of carbonyl (C=O) groups excluding carboxylic acids is 1. The number of morpholine rings is 1. The first-order valence-corrected chi connectivity index (χ1v) is 11.2. The van der Waals surface area contributed by atoms with Gasteiger partial charge in [-0.15, -0.1) is 0 Å². The lowest BCUT2D eigenvalue weighted by atomic mass is 10.0. The third-order valence-electron chi connectivity index (χ3n) is 5.51. The third kappa shape index (κ3) is 6.91. The first-order chi connectivity index (χ1) is 15.1. The molecule has 1 amide bonds. The average molecular weight is 423 g/mol. The van der Waals surface area contributed by atoms with E-state index in [-0.39, 0.29) is 5.91 Å². The van der Waals surface area contributed by atoms with Gasteiger partial charge in [0.25, 0.3) is 5.91 Å². The van der Waals surface area contributed by atoms with Gasteiger partial charge < -0.3 is 10.1 Å². The van der Waals surface area contributed by atoms with Crippen molar-refractivity contribution >= 4 is 17.6 Å². The molecule has 1 heterocycles. The van der Waals surface area contributed by atoms with Crippen molar-refractivity contribution in [2.24, 2.45) is 4.99 Å². The first-order valence-electron chi connectivity index (χ1n) is 11.2. The lowest BCUT2D eigenvalue weighted by molar-refractivity contribution is 0.0394. The van der Waals surface area contributed by atoms with Crippen molar-refractivity contribution in [3.8, 4) is 0 Å². The van der Waals surface area contributed by atoms with E-state index in [1.807, 2.05) is 42.5 Å². The summed E-state index contributed by atoms with van der Waals surface area (Å²) in [7, 11) is 0. The molecular weight excluding hydrogens is 388 g/mol. The molecule has 6 heteroatoms. The van der Waals surface area contributed by atoms with Gasteiger partial charge in [0.15, 0.2) is 0 Å². The summed E-state index contributed by atoms with van der Waals surface area (Å²) in [6.45, 7) is 11.2. The van der Waals surface area contributed by atoms with Crippen LogP contribution in [0.3, 0.4) is 0 Å². The van der Waals surface area contributed by atoms with Crippen molar-refractivity contribution in [1.29, 1.82) is 0 Å². The van der Waals surface area contributed by atoms with Crippen LogP contribution in [0.1, 0.15) is 48.2 Å². The molecule has 1 aliphatic heterocycles. The molecule has 0 saturated carbocycles. The second-order valence-electron chi connectivity index (χ2n) is 8.05. The van der Waals surface area contributed by atoms with Gasteiger partial charge in [0.05, 0.1) is 19.8 Å². The number of amides is 1. The van der Waals surface area contributed by atoms with Crippen molar-refractivity contribution in [1.82, 2.24) is 10.2 Å². The minimum Gasteiger partial charge on any atom is -0.379 e. The van der Waals surface area contributed by atoms with Gasteiger partial charge in [-0.05, 0) is 41.7 Å². The normalized spacial score (nSPS) is 15.2. The monoisotopic (exact) mass is 422 g/mol. The Morgan fingerprint density at radius 1 is 1.10 bits per heavy atom. The summed E-state index contributed by atoms with van der Waals surface area (Å²) in [5.74, 6) is 0.746. The highest BCUT2D eigenvalue weighted by molar-refractivity contribution is 6.10. The van der Waals surface area contributed by atoms with Crippen LogP contribution in [0, 0.1) is 0 Å². The van der Waals surface area contributed by atoms with E-state index >= 15 is 0 Å². The zero-order valence-corrected chi connectivity index (χ0v) is 18.9. The molecule has 2 aromatic rings. The molecular formula is C25H34N4O2. The number of anilines is 1. The van der Waals surface area contributed by atoms with Gasteiger partial charge in [-0.1, -0.05) is 51.1 Å². The summed E-state index contributed by atoms with van der Waals surface area (Å²) < 4.78 is 5.41. The molecule has 6 nitrogen and oxygen atoms in total. The number of aryl methyl sites for hydroxylation is 1. The zero-order valence-electron chi connectivity index (χ0n) is 18.9. The fourth-order valence-corrected chi connectivity index (χ4v) is 3.52. The molecule has 0 radical (unpaired) electrons. The smallest absolute Gasteiger partial charge is 0.257 e. The van der Waals surface area contributed by atoms with Crippen molar-refractivity contribution < 1.29 is 9.53 Å². The van der Waals surface area contributed by atoms with Crippen LogP contribution in [-0.4, -0.2) is 56.2 Å². The number of para-hydroxylation sites is 1. The predicted octanol–water partition coefficient (Wildman–Crippen LogP) is 3.90. The maximum absolute atomic E-state index is 12.9. The number of guanidine groups is 1. The van der Waals surface area contributed by atoms with Crippen LogP contribution in [0.4, 0.5) is 5.69 Å². The topological polar surface area (TPSA) is 66.0 Å². The number of nitrogens with one attached hydrogen (secondary N) is 2. The Bertz CT molecular complexity index is 871. The Balaban J connectivity index is 1.72. The Hall–Kier alpha value is -2.70. The van der Waals surface area contributed by atoms with Crippen LogP contribution < -0.4 is 10.6 Å². The van der Waals surface area contributed by atoms with E-state index in [0.717, 1.165) is 45.0 Å². The quantitative estimate of drug-likeness (QED) is 0.525. The first kappa shape index (κ1) is 23.0. The van der Waals surface area contributed by atoms with Gasteiger partial charge >= 0.3 is 0 Å². The van der Waals surface area contributed by atoms with Gasteiger partial charge in [-0.25, -0.2) is 0 Å². The second-order valence-corrected chi connectivity index (χ2v) is 8.05. The summed E-state index contributed by atoms with van der Waals surface area (Å²) in [6, 6.07) is 15.9. The van der Waals surface area contributed by atoms with Crippen LogP contribution in [-0.2, 0) is 11.2 Å². The largest absolute Gasteiger partial charge is 0.379 e. The lowest BCUT2D eigenvalue weighted by Gasteiger charge is -2.25. The lowest BCUT2D eigenvalue weighted by Crippen LogP contribution is -2.39. The number of benzene rings is 2. The SMILES string of the molecule is CCc1ccccc1NC(=NCCN1CCOCC1)NC(=O)c1ccc(C(C)C)cc1. The number of carbonyl (C=O) groups is 1. The van der Waals surface area contributed by atoms with E-state index in [4.69, 9.17) is 9.73 Å². The molecule has 166 valence electrons. The van der Waals surface area contributed by atoms with E-state index < -0.39 is 0 Å². The highest BCUT2D eigenvalue weighted by atomic mass is 16.5. The minimum atomic E-state index is -0.165. The van der Waals surface area contributed by atoms with Crippen LogP contribution in [0.5, 0.6) is 0 Å². The number of aliphatic imine (C=N–C) groups is 1. The maximum atomic E-state index is 12.9. The van der Waals surface area contributed by atoms with E-state index in [2.05, 4.69) is 42.4 Å². The summed E-state index contributed by atoms with van der Waals surface area (Å²) in [5.41, 5.74) is 3.98. The predicted molar refractivity (Wildman–Crippen MR) is 127 cm³/mol. The van der Waals surface area contributed by atoms with Crippen LogP contribution in [0.15, 0.2) is 53.5 Å². The van der Waals surface area contributed by atoms with Crippen LogP contribution in [0.2, 0.25) is 0 Å². The van der Waals surface area contributed by atoms with E-state index in [1.165, 1.54) is 11.1 Å². The Labute approximate surface area is 185 Å². The number of nitrogens with zero attached hydrogens (tertiary/aromatic N) is 2. The standard InChI is InChI=1S/C25H34N4O2/c1-4-20-7-5-6-8-23(20)27-25(26-13-14-29-15-17-31-18-16-29)28-24(30)22-11-9-21(10-12-22)19(2)3/h5-12,19H,4,13-18H2,1-3H3,(H2,26,27,28,30). The summed E-state index contributed by atoms with van der Waals surface area (Å²) in [5, 5.41) is 6.32. The van der Waals surface area contributed by atoms with Gasteiger partial charge in [-0.2, -0.15) is 0 Å². The number of hydrogen-bond acceptors (Lipinski definition) is 4. The molecule has 2 N–H and O–H groups in total. The molecule has 1 saturated heterocycles. The minimum absolute atomic E-state index is 0.165. The molecule has 3 rings (SSSR count). The second kappa shape index (κ2) is 11.6. The highest BCUT2D eigenvalue weighted by Crippen LogP contribution is 2.16. The summed E-state index contributed by atoms with van der Waals surface area (Å²) in [6.07, 6.45) is 0.898. The fraction of sp³-hybridized carbons (Fsp3) is 0.440. The Morgan fingerprint density at radius 2 is 1.81 bits per heavy atom. The summed E-state index contributed by atoms with van der Waals surface area (Å²) in [4.78, 5) is 19.9. The molecule has 2 aromatic carbocycles. The molecule has 31 heavy (non-hydrogen) atoms. The average Bonchev–Trinajstić information content (AvgIpc) is 2.80. The van der Waals surface area contributed by atoms with Gasteiger partial charge in [0, 0.05) is 30.9 Å². The van der Waals surface area contributed by atoms with Crippen molar-refractivity contribution in [3.63, 3.8) is 0 Å². The van der Waals surface area contributed by atoms with E-state index in [9.17, 15) is 4.79 Å². The molecule has 0 atom stereocenters. The fourth-order valence-electron chi connectivity index (χ4n) is 3.52. The third-order valence-corrected chi connectivity index (χ3v) is 5.51. The van der Waals surface area contributed by atoms with Gasteiger partial charge in [0.1, 0.15) is 0 Å². The molecule has 0 bridgehead atoms. The molecule has 0 spiro atoms. The molecule has 0 aromatic heterocycles. The molecule has 1 fully saturated rings. The van der Waals surface area contributed by atoms with Crippen LogP contribution >= 0.6 is 0 Å². The van der Waals surface area contributed by atoms with E-state index in [1.54, 1.807) is 0 Å². The van der Waals surface area contributed by atoms with Gasteiger partial charge in [0.2, 0.25) is 5.96 Å². The number of rotatable bonds is 7. The van der Waals surface area contributed by atoms with Crippen molar-refractivity contribution in [2.75, 3.05) is 44.7 Å². The Morgan fingerprint density at radius 3 is 2.48 bits per heavy atom. The highest BCUT2D eigenvalue weighted by Gasteiger charge is 2.13. The number of hydrogen-bond donors (Lipinski definition) is 2. The maximum Gasteiger partial charge on any atom is 0.257 e. The summed E-state index contributed by atoms with van der Waals surface area (Å²) >= 11 is 0. The Kier molecular flexibility index (Phi) is 8.62. The van der Waals surface area contributed by atoms with Crippen molar-refractivity contribution in [2.45, 2.75) is 33.1 Å². The zero-order chi connectivity index (χ0) is 22.1. The van der Waals surface area contributed by atoms with Crippen LogP contribution in [0.25, 0.3) is 0 Å². The molecule has 0 aliphatic carbocycles. The number of ether oxygens (including phenoxy) is 1. The molecule has 1 aliphatic rings. The van der Waals surface area contributed by atoms with E-state index in [0.29, 0.717) is 24.0 Å². The van der Waals surface area contributed by atoms with Crippen molar-refractivity contribution in [3.05, 3.63) is 65.2 Å². The van der Waals surface area contributed by atoms with Gasteiger partial charge in [-0.3, -0.25) is 20.0 Å².